The molecule has 0 saturated heterocycles. The van der Waals surface area contributed by atoms with Crippen molar-refractivity contribution in [2.45, 2.75) is 6.04 Å². The Labute approximate surface area is 163 Å². The molecule has 1 aromatic heterocycles. The molecule has 0 fully saturated rings. The van der Waals surface area contributed by atoms with Crippen LogP contribution in [0.25, 0.3) is 10.6 Å². The predicted molar refractivity (Wildman–Crippen MR) is 109 cm³/mol. The zero-order chi connectivity index (χ0) is 19.2. The van der Waals surface area contributed by atoms with Gasteiger partial charge in [-0.15, -0.1) is 11.3 Å². The van der Waals surface area contributed by atoms with Crippen LogP contribution >= 0.6 is 11.3 Å². The van der Waals surface area contributed by atoms with E-state index in [0.29, 0.717) is 12.2 Å². The Morgan fingerprint density at radius 1 is 1.15 bits per heavy atom. The van der Waals surface area contributed by atoms with E-state index in [1.165, 1.54) is 16.9 Å². The molecule has 0 aliphatic rings. The van der Waals surface area contributed by atoms with Gasteiger partial charge in [0.05, 0.1) is 13.2 Å². The smallest absolute Gasteiger partial charge is 0.270 e. The van der Waals surface area contributed by atoms with Gasteiger partial charge in [0.15, 0.2) is 0 Å². The summed E-state index contributed by atoms with van der Waals surface area (Å²) in [6, 6.07) is 17.9. The number of aromatic nitrogens is 1. The second-order valence-corrected chi connectivity index (χ2v) is 7.22. The quantitative estimate of drug-likeness (QED) is 0.675. The minimum atomic E-state index is -0.159. The molecule has 1 amide bonds. The lowest BCUT2D eigenvalue weighted by Crippen LogP contribution is -2.34. The molecule has 1 unspecified atom stereocenters. The minimum absolute atomic E-state index is 0.106. The number of hydrogen-bond donors (Lipinski definition) is 1. The summed E-state index contributed by atoms with van der Waals surface area (Å²) < 4.78 is 5.17. The van der Waals surface area contributed by atoms with E-state index in [1.54, 1.807) is 12.5 Å². The summed E-state index contributed by atoms with van der Waals surface area (Å²) in [5.41, 5.74) is 2.58. The maximum Gasteiger partial charge on any atom is 0.270 e. The molecule has 1 heterocycles. The van der Waals surface area contributed by atoms with Crippen LogP contribution in [0.3, 0.4) is 0 Å². The summed E-state index contributed by atoms with van der Waals surface area (Å²) in [7, 11) is 5.65. The maximum atomic E-state index is 12.5. The highest BCUT2D eigenvalue weighted by Crippen LogP contribution is 2.26. The van der Waals surface area contributed by atoms with Gasteiger partial charge in [0.2, 0.25) is 0 Å². The Morgan fingerprint density at radius 3 is 2.48 bits per heavy atom. The summed E-state index contributed by atoms with van der Waals surface area (Å²) in [6.45, 7) is 0.519. The van der Waals surface area contributed by atoms with Gasteiger partial charge in [0.25, 0.3) is 5.91 Å². The van der Waals surface area contributed by atoms with Gasteiger partial charge in [-0.3, -0.25) is 4.79 Å². The summed E-state index contributed by atoms with van der Waals surface area (Å²) >= 11 is 1.46. The monoisotopic (exact) mass is 381 g/mol. The van der Waals surface area contributed by atoms with E-state index < -0.39 is 0 Å². The summed E-state index contributed by atoms with van der Waals surface area (Å²) in [4.78, 5) is 19.1. The average molecular weight is 382 g/mol. The van der Waals surface area contributed by atoms with Crippen molar-refractivity contribution in [1.29, 1.82) is 0 Å². The van der Waals surface area contributed by atoms with Gasteiger partial charge >= 0.3 is 0 Å². The van der Waals surface area contributed by atoms with E-state index in [4.69, 9.17) is 4.74 Å². The topological polar surface area (TPSA) is 54.5 Å². The van der Waals surface area contributed by atoms with Crippen LogP contribution in [0, 0.1) is 0 Å². The lowest BCUT2D eigenvalue weighted by atomic mass is 10.1. The Kier molecular flexibility index (Phi) is 6.21. The van der Waals surface area contributed by atoms with Gasteiger partial charge in [-0.05, 0) is 43.9 Å². The molecule has 1 atom stereocenters. The third-order valence-electron chi connectivity index (χ3n) is 4.34. The number of rotatable bonds is 7. The summed E-state index contributed by atoms with van der Waals surface area (Å²) in [5, 5.41) is 5.61. The van der Waals surface area contributed by atoms with Crippen molar-refractivity contribution in [3.8, 4) is 16.3 Å². The molecule has 6 heteroatoms. The average Bonchev–Trinajstić information content (AvgIpc) is 3.19. The number of carbonyl (C=O) groups is 1. The first kappa shape index (κ1) is 19.1. The third kappa shape index (κ3) is 4.72. The van der Waals surface area contributed by atoms with Crippen LogP contribution in [-0.4, -0.2) is 43.5 Å². The van der Waals surface area contributed by atoms with Gasteiger partial charge in [-0.2, -0.15) is 0 Å². The Hall–Kier alpha value is -2.70. The number of likely N-dealkylation sites (N-methyl/N-ethyl adjacent to an activating group) is 1. The second kappa shape index (κ2) is 8.79. The standard InChI is InChI=1S/C21H23N3O2S/c1-24(2)19(15-7-5-4-6-8-15)13-22-20(25)18-14-27-21(23-18)16-9-11-17(26-3)12-10-16/h4-12,14,19H,13H2,1-3H3,(H,22,25). The van der Waals surface area contributed by atoms with Crippen LogP contribution in [0.2, 0.25) is 0 Å². The highest BCUT2D eigenvalue weighted by atomic mass is 32.1. The van der Waals surface area contributed by atoms with Gasteiger partial charge in [-0.1, -0.05) is 30.3 Å². The van der Waals surface area contributed by atoms with E-state index in [9.17, 15) is 4.79 Å². The Balaban J connectivity index is 1.66. The Morgan fingerprint density at radius 2 is 1.85 bits per heavy atom. The molecule has 0 spiro atoms. The first-order chi connectivity index (χ1) is 13.1. The van der Waals surface area contributed by atoms with Crippen molar-refractivity contribution in [2.24, 2.45) is 0 Å². The van der Waals surface area contributed by atoms with Gasteiger partial charge in [-0.25, -0.2) is 4.98 Å². The predicted octanol–water partition coefficient (Wildman–Crippen LogP) is 3.85. The van der Waals surface area contributed by atoms with Crippen LogP contribution in [0.15, 0.2) is 60.0 Å². The largest absolute Gasteiger partial charge is 0.497 e. The fraction of sp³-hybridized carbons (Fsp3) is 0.238. The van der Waals surface area contributed by atoms with Gasteiger partial charge < -0.3 is 15.0 Å². The number of amides is 1. The van der Waals surface area contributed by atoms with Gasteiger partial charge in [0, 0.05) is 17.5 Å². The zero-order valence-corrected chi connectivity index (χ0v) is 16.5. The lowest BCUT2D eigenvalue weighted by molar-refractivity contribution is 0.0937. The normalized spacial score (nSPS) is 12.0. The number of carbonyl (C=O) groups excluding carboxylic acids is 1. The fourth-order valence-corrected chi connectivity index (χ4v) is 3.60. The molecule has 0 aliphatic heterocycles. The second-order valence-electron chi connectivity index (χ2n) is 6.37. The maximum absolute atomic E-state index is 12.5. The molecule has 3 rings (SSSR count). The number of nitrogens with zero attached hydrogens (tertiary/aromatic N) is 2. The lowest BCUT2D eigenvalue weighted by Gasteiger charge is -2.24. The van der Waals surface area contributed by atoms with Crippen molar-refractivity contribution < 1.29 is 9.53 Å². The molecule has 0 bridgehead atoms. The van der Waals surface area contributed by atoms with Crippen molar-refractivity contribution in [3.63, 3.8) is 0 Å². The first-order valence-electron chi connectivity index (χ1n) is 8.68. The number of methoxy groups -OCH3 is 1. The zero-order valence-electron chi connectivity index (χ0n) is 15.7. The van der Waals surface area contributed by atoms with Crippen LogP contribution in [0.1, 0.15) is 22.1 Å². The molecular weight excluding hydrogens is 358 g/mol. The highest BCUT2D eigenvalue weighted by molar-refractivity contribution is 7.13. The van der Waals surface area contributed by atoms with Crippen molar-refractivity contribution in [1.82, 2.24) is 15.2 Å². The van der Waals surface area contributed by atoms with E-state index in [2.05, 4.69) is 27.3 Å². The van der Waals surface area contributed by atoms with Crippen molar-refractivity contribution in [2.75, 3.05) is 27.7 Å². The number of ether oxygens (including phenoxy) is 1. The van der Waals surface area contributed by atoms with Crippen LogP contribution in [-0.2, 0) is 0 Å². The van der Waals surface area contributed by atoms with Crippen LogP contribution in [0.5, 0.6) is 5.75 Å². The molecule has 1 N–H and O–H groups in total. The third-order valence-corrected chi connectivity index (χ3v) is 5.23. The molecule has 3 aromatic rings. The van der Waals surface area contributed by atoms with E-state index in [1.807, 2.05) is 56.6 Å². The molecule has 140 valence electrons. The molecule has 0 radical (unpaired) electrons. The van der Waals surface area contributed by atoms with Gasteiger partial charge in [0.1, 0.15) is 16.5 Å². The number of nitrogens with one attached hydrogen (secondary N) is 1. The van der Waals surface area contributed by atoms with Crippen molar-refractivity contribution in [3.05, 3.63) is 71.2 Å². The first-order valence-corrected chi connectivity index (χ1v) is 9.56. The molecule has 0 aliphatic carbocycles. The summed E-state index contributed by atoms with van der Waals surface area (Å²) in [5.74, 6) is 0.637. The minimum Gasteiger partial charge on any atom is -0.497 e. The SMILES string of the molecule is COc1ccc(-c2nc(C(=O)NCC(c3ccccc3)N(C)C)cs2)cc1. The number of thiazole rings is 1. The Bertz CT molecular complexity index is 876. The van der Waals surface area contributed by atoms with E-state index in [0.717, 1.165) is 16.3 Å². The van der Waals surface area contributed by atoms with E-state index >= 15 is 0 Å². The number of benzene rings is 2. The van der Waals surface area contributed by atoms with E-state index in [-0.39, 0.29) is 11.9 Å². The molecule has 5 nitrogen and oxygen atoms in total. The molecule has 2 aromatic carbocycles. The van der Waals surface area contributed by atoms with Crippen LogP contribution in [0.4, 0.5) is 0 Å². The highest BCUT2D eigenvalue weighted by Gasteiger charge is 2.17. The molecule has 0 saturated carbocycles. The number of hydrogen-bond acceptors (Lipinski definition) is 5. The van der Waals surface area contributed by atoms with Crippen molar-refractivity contribution >= 4 is 17.2 Å². The molecular formula is C21H23N3O2S. The van der Waals surface area contributed by atoms with Crippen LogP contribution < -0.4 is 10.1 Å². The fourth-order valence-electron chi connectivity index (χ4n) is 2.80. The summed E-state index contributed by atoms with van der Waals surface area (Å²) in [6.07, 6.45) is 0. The molecule has 27 heavy (non-hydrogen) atoms.